The molecule has 1 aromatic heterocycles. The second-order valence-corrected chi connectivity index (χ2v) is 6.65. The minimum Gasteiger partial charge on any atom is -0.454 e. The van der Waals surface area contributed by atoms with Gasteiger partial charge in [0.25, 0.3) is 5.91 Å². The summed E-state index contributed by atoms with van der Waals surface area (Å²) in [5, 5.41) is 2.80. The number of ether oxygens (including phenoxy) is 1. The molecule has 0 radical (unpaired) electrons. The highest BCUT2D eigenvalue weighted by atomic mass is 19.1. The summed E-state index contributed by atoms with van der Waals surface area (Å²) in [6.07, 6.45) is 0. The van der Waals surface area contributed by atoms with Crippen LogP contribution in [0.4, 0.5) is 10.2 Å². The van der Waals surface area contributed by atoms with Gasteiger partial charge in [0.15, 0.2) is 17.4 Å². The zero-order valence-electron chi connectivity index (χ0n) is 16.3. The molecule has 0 fully saturated rings. The summed E-state index contributed by atoms with van der Waals surface area (Å²) in [5.41, 5.74) is 11.9. The fourth-order valence-corrected chi connectivity index (χ4v) is 2.56. The minimum absolute atomic E-state index is 0.0266. The van der Waals surface area contributed by atoms with E-state index in [0.717, 1.165) is 5.56 Å². The summed E-state index contributed by atoms with van der Waals surface area (Å²) in [4.78, 5) is 31.4. The van der Waals surface area contributed by atoms with Crippen LogP contribution in [0.5, 0.6) is 11.5 Å². The summed E-state index contributed by atoms with van der Waals surface area (Å²) in [6.45, 7) is 3.35. The van der Waals surface area contributed by atoms with Crippen molar-refractivity contribution in [3.8, 4) is 22.9 Å². The van der Waals surface area contributed by atoms with Crippen LogP contribution in [0, 0.1) is 12.7 Å². The van der Waals surface area contributed by atoms with E-state index in [1.54, 1.807) is 50.2 Å². The SMILES string of the molecule is Cc1ccc(Oc2ccc(-c3nc(N[C@@H](C)C(N)=O)cc(C(N)=O)n3)cc2)c(F)c1. The zero-order chi connectivity index (χ0) is 21.8. The van der Waals surface area contributed by atoms with E-state index in [9.17, 15) is 14.0 Å². The third-order valence-electron chi connectivity index (χ3n) is 4.20. The first-order valence-electron chi connectivity index (χ1n) is 9.02. The van der Waals surface area contributed by atoms with Gasteiger partial charge in [-0.05, 0) is 55.8 Å². The van der Waals surface area contributed by atoms with Gasteiger partial charge in [-0.2, -0.15) is 0 Å². The Kier molecular flexibility index (Phi) is 5.91. The van der Waals surface area contributed by atoms with Crippen molar-refractivity contribution in [1.82, 2.24) is 9.97 Å². The molecule has 1 atom stereocenters. The highest BCUT2D eigenvalue weighted by molar-refractivity contribution is 5.92. The number of amides is 2. The molecule has 2 aromatic carbocycles. The number of carbonyl (C=O) groups excluding carboxylic acids is 2. The van der Waals surface area contributed by atoms with Gasteiger partial charge in [-0.15, -0.1) is 0 Å². The molecule has 0 saturated heterocycles. The molecule has 30 heavy (non-hydrogen) atoms. The fourth-order valence-electron chi connectivity index (χ4n) is 2.56. The van der Waals surface area contributed by atoms with Crippen LogP contribution in [0.25, 0.3) is 11.4 Å². The van der Waals surface area contributed by atoms with Gasteiger partial charge in [0.2, 0.25) is 5.91 Å². The van der Waals surface area contributed by atoms with E-state index in [-0.39, 0.29) is 23.1 Å². The molecule has 154 valence electrons. The predicted molar refractivity (Wildman–Crippen MR) is 109 cm³/mol. The summed E-state index contributed by atoms with van der Waals surface area (Å²) in [6, 6.07) is 11.9. The molecule has 0 unspecified atom stereocenters. The number of halogens is 1. The molecule has 3 aromatic rings. The summed E-state index contributed by atoms with van der Waals surface area (Å²) in [7, 11) is 0. The Morgan fingerprint density at radius 3 is 2.37 bits per heavy atom. The molecule has 0 aliphatic rings. The maximum atomic E-state index is 14.0. The molecule has 0 saturated carbocycles. The molecule has 8 nitrogen and oxygen atoms in total. The van der Waals surface area contributed by atoms with Gasteiger partial charge in [-0.25, -0.2) is 14.4 Å². The van der Waals surface area contributed by atoms with Gasteiger partial charge in [0.1, 0.15) is 23.3 Å². The van der Waals surface area contributed by atoms with Crippen molar-refractivity contribution in [3.63, 3.8) is 0 Å². The Labute approximate surface area is 172 Å². The van der Waals surface area contributed by atoms with Gasteiger partial charge in [-0.1, -0.05) is 6.07 Å². The number of nitrogens with one attached hydrogen (secondary N) is 1. The monoisotopic (exact) mass is 409 g/mol. The topological polar surface area (TPSA) is 133 Å². The second-order valence-electron chi connectivity index (χ2n) is 6.65. The van der Waals surface area contributed by atoms with Gasteiger partial charge in [0, 0.05) is 11.6 Å². The lowest BCUT2D eigenvalue weighted by atomic mass is 10.2. The summed E-state index contributed by atoms with van der Waals surface area (Å²) in [5.74, 6) is -0.846. The Bertz CT molecular complexity index is 1100. The standard InChI is InChI=1S/C21H20FN5O3/c1-11-3-8-17(15(22)9-11)30-14-6-4-13(5-7-14)21-26-16(20(24)29)10-18(27-21)25-12(2)19(23)28/h3-10,12H,1-2H3,(H2,23,28)(H2,24,29)(H,25,26,27)/t12-/m0/s1. The van der Waals surface area contributed by atoms with Crippen LogP contribution in [-0.2, 0) is 4.79 Å². The normalized spacial score (nSPS) is 11.6. The van der Waals surface area contributed by atoms with Crippen LogP contribution < -0.4 is 21.5 Å². The first-order chi connectivity index (χ1) is 14.2. The lowest BCUT2D eigenvalue weighted by molar-refractivity contribution is -0.118. The average Bonchev–Trinajstić information content (AvgIpc) is 2.70. The number of nitrogens with two attached hydrogens (primary N) is 2. The van der Waals surface area contributed by atoms with Gasteiger partial charge in [-0.3, -0.25) is 9.59 Å². The molecule has 9 heteroatoms. The molecule has 0 bridgehead atoms. The third-order valence-corrected chi connectivity index (χ3v) is 4.20. The molecule has 1 heterocycles. The number of aromatic nitrogens is 2. The maximum Gasteiger partial charge on any atom is 0.267 e. The highest BCUT2D eigenvalue weighted by Crippen LogP contribution is 2.27. The Balaban J connectivity index is 1.88. The Morgan fingerprint density at radius 1 is 1.07 bits per heavy atom. The maximum absolute atomic E-state index is 14.0. The second kappa shape index (κ2) is 8.56. The fraction of sp³-hybridized carbons (Fsp3) is 0.143. The van der Waals surface area contributed by atoms with E-state index in [0.29, 0.717) is 11.3 Å². The average molecular weight is 409 g/mol. The number of aryl methyl sites for hydroxylation is 1. The number of hydrogen-bond acceptors (Lipinski definition) is 6. The minimum atomic E-state index is -0.747. The Morgan fingerprint density at radius 2 is 1.77 bits per heavy atom. The lowest BCUT2D eigenvalue weighted by Crippen LogP contribution is -2.33. The molecule has 0 aliphatic carbocycles. The molecular weight excluding hydrogens is 389 g/mol. The molecule has 0 aliphatic heterocycles. The van der Waals surface area contributed by atoms with Gasteiger partial charge < -0.3 is 21.5 Å². The van der Waals surface area contributed by atoms with Crippen LogP contribution in [0.2, 0.25) is 0 Å². The third kappa shape index (κ3) is 4.88. The van der Waals surface area contributed by atoms with E-state index < -0.39 is 23.7 Å². The first-order valence-corrected chi connectivity index (χ1v) is 9.02. The van der Waals surface area contributed by atoms with Crippen molar-refractivity contribution < 1.29 is 18.7 Å². The molecule has 5 N–H and O–H groups in total. The molecule has 3 rings (SSSR count). The number of anilines is 1. The largest absolute Gasteiger partial charge is 0.454 e. The number of benzene rings is 2. The van der Waals surface area contributed by atoms with Crippen LogP contribution in [-0.4, -0.2) is 27.8 Å². The van der Waals surface area contributed by atoms with Crippen molar-refractivity contribution in [2.45, 2.75) is 19.9 Å². The quantitative estimate of drug-likeness (QED) is 0.549. The lowest BCUT2D eigenvalue weighted by Gasteiger charge is -2.13. The van der Waals surface area contributed by atoms with Crippen LogP contribution in [0.15, 0.2) is 48.5 Å². The van der Waals surface area contributed by atoms with Gasteiger partial charge in [0.05, 0.1) is 0 Å². The summed E-state index contributed by atoms with van der Waals surface area (Å²) < 4.78 is 19.5. The summed E-state index contributed by atoms with van der Waals surface area (Å²) >= 11 is 0. The van der Waals surface area contributed by atoms with Crippen molar-refractivity contribution in [1.29, 1.82) is 0 Å². The number of carbonyl (C=O) groups is 2. The van der Waals surface area contributed by atoms with Crippen molar-refractivity contribution in [2.75, 3.05) is 5.32 Å². The van der Waals surface area contributed by atoms with Crippen molar-refractivity contribution in [3.05, 3.63) is 65.6 Å². The van der Waals surface area contributed by atoms with E-state index in [1.807, 2.05) is 0 Å². The smallest absolute Gasteiger partial charge is 0.267 e. The predicted octanol–water partition coefficient (Wildman–Crippen LogP) is 2.77. The number of hydrogen-bond donors (Lipinski definition) is 3. The van der Waals surface area contributed by atoms with E-state index in [1.165, 1.54) is 12.1 Å². The molecule has 0 spiro atoms. The number of primary amides is 2. The Hall–Kier alpha value is -4.01. The van der Waals surface area contributed by atoms with E-state index in [2.05, 4.69) is 15.3 Å². The van der Waals surface area contributed by atoms with Crippen LogP contribution in [0.1, 0.15) is 23.0 Å². The van der Waals surface area contributed by atoms with Gasteiger partial charge >= 0.3 is 0 Å². The zero-order valence-corrected chi connectivity index (χ0v) is 16.3. The molecule has 2 amide bonds. The number of nitrogens with zero attached hydrogens (tertiary/aromatic N) is 2. The van der Waals surface area contributed by atoms with Crippen molar-refractivity contribution in [2.24, 2.45) is 11.5 Å². The van der Waals surface area contributed by atoms with E-state index in [4.69, 9.17) is 16.2 Å². The van der Waals surface area contributed by atoms with Crippen LogP contribution >= 0.6 is 0 Å². The molecular formula is C21H20FN5O3. The van der Waals surface area contributed by atoms with Crippen molar-refractivity contribution >= 4 is 17.6 Å². The highest BCUT2D eigenvalue weighted by Gasteiger charge is 2.15. The number of rotatable bonds is 7. The first kappa shape index (κ1) is 20.7. The van der Waals surface area contributed by atoms with E-state index >= 15 is 0 Å². The van der Waals surface area contributed by atoms with Crippen LogP contribution in [0.3, 0.4) is 0 Å².